The summed E-state index contributed by atoms with van der Waals surface area (Å²) >= 11 is 0. The lowest BCUT2D eigenvalue weighted by molar-refractivity contribution is 0.445. The Kier molecular flexibility index (Phi) is 2.70. The number of benzene rings is 1. The molecule has 3 aliphatic rings. The van der Waals surface area contributed by atoms with E-state index in [9.17, 15) is 0 Å². The zero-order valence-electron chi connectivity index (χ0n) is 13.3. The van der Waals surface area contributed by atoms with Gasteiger partial charge in [-0.3, -0.25) is 0 Å². The van der Waals surface area contributed by atoms with Crippen LogP contribution in [0.15, 0.2) is 28.7 Å². The van der Waals surface area contributed by atoms with Gasteiger partial charge in [0.1, 0.15) is 11.5 Å². The molecule has 1 atom stereocenters. The fourth-order valence-corrected chi connectivity index (χ4v) is 4.50. The first-order valence-corrected chi connectivity index (χ1v) is 8.79. The second kappa shape index (κ2) is 4.65. The van der Waals surface area contributed by atoms with Crippen LogP contribution >= 0.6 is 0 Å². The van der Waals surface area contributed by atoms with Crippen molar-refractivity contribution in [1.82, 2.24) is 0 Å². The minimum Gasteiger partial charge on any atom is -0.465 e. The van der Waals surface area contributed by atoms with Gasteiger partial charge < -0.3 is 9.32 Å². The standard InChI is InChI=1S/C20H23NO/c1-13-16-12-15-6-2-3-7-17(15)21-11-5-4-8-18(21)19(16)20(22-13)14-9-10-14/h2-3,6-7,14,18H,4-5,8-12H2,1H3. The van der Waals surface area contributed by atoms with Crippen LogP contribution in [0.1, 0.15) is 72.3 Å². The van der Waals surface area contributed by atoms with Gasteiger partial charge in [-0.25, -0.2) is 0 Å². The van der Waals surface area contributed by atoms with Crippen molar-refractivity contribution in [3.8, 4) is 0 Å². The maximum absolute atomic E-state index is 6.28. The topological polar surface area (TPSA) is 16.4 Å². The van der Waals surface area contributed by atoms with E-state index in [4.69, 9.17) is 4.42 Å². The van der Waals surface area contributed by atoms with Gasteiger partial charge in [0.15, 0.2) is 0 Å². The molecule has 2 nitrogen and oxygen atoms in total. The van der Waals surface area contributed by atoms with Crippen LogP contribution in [0.25, 0.3) is 0 Å². The van der Waals surface area contributed by atoms with Crippen molar-refractivity contribution in [2.75, 3.05) is 11.4 Å². The molecule has 2 aliphatic heterocycles. The summed E-state index contributed by atoms with van der Waals surface area (Å²) in [6.45, 7) is 3.36. The van der Waals surface area contributed by atoms with Crippen LogP contribution in [0.3, 0.4) is 0 Å². The predicted octanol–water partition coefficient (Wildman–Crippen LogP) is 5.10. The Morgan fingerprint density at radius 2 is 1.95 bits per heavy atom. The maximum Gasteiger partial charge on any atom is 0.112 e. The first-order chi connectivity index (χ1) is 10.8. The van der Waals surface area contributed by atoms with E-state index in [1.54, 1.807) is 5.56 Å². The van der Waals surface area contributed by atoms with Crippen molar-refractivity contribution in [3.05, 3.63) is 52.5 Å². The number of anilines is 1. The fourth-order valence-electron chi connectivity index (χ4n) is 4.50. The first-order valence-electron chi connectivity index (χ1n) is 8.79. The van der Waals surface area contributed by atoms with Gasteiger partial charge in [0.2, 0.25) is 0 Å². The minimum absolute atomic E-state index is 0.542. The number of para-hydroxylation sites is 1. The Morgan fingerprint density at radius 1 is 1.09 bits per heavy atom. The number of hydrogen-bond donors (Lipinski definition) is 0. The number of piperidine rings is 1. The molecule has 1 aromatic carbocycles. The van der Waals surface area contributed by atoms with Gasteiger partial charge in [-0.1, -0.05) is 18.2 Å². The van der Waals surface area contributed by atoms with Gasteiger partial charge in [-0.05, 0) is 50.7 Å². The Hall–Kier alpha value is -1.70. The van der Waals surface area contributed by atoms with E-state index in [-0.39, 0.29) is 0 Å². The van der Waals surface area contributed by atoms with Gasteiger partial charge in [0, 0.05) is 35.7 Å². The smallest absolute Gasteiger partial charge is 0.112 e. The molecule has 2 aromatic rings. The van der Waals surface area contributed by atoms with Crippen LogP contribution in [0, 0.1) is 6.92 Å². The summed E-state index contributed by atoms with van der Waals surface area (Å²) in [7, 11) is 0. The highest BCUT2D eigenvalue weighted by Crippen LogP contribution is 2.51. The van der Waals surface area contributed by atoms with Crippen molar-refractivity contribution < 1.29 is 4.42 Å². The maximum atomic E-state index is 6.28. The van der Waals surface area contributed by atoms with E-state index in [2.05, 4.69) is 36.1 Å². The van der Waals surface area contributed by atoms with E-state index in [1.165, 1.54) is 67.0 Å². The lowest BCUT2D eigenvalue weighted by atomic mass is 9.91. The Labute approximate surface area is 132 Å². The molecule has 114 valence electrons. The number of rotatable bonds is 1. The summed E-state index contributed by atoms with van der Waals surface area (Å²) in [6, 6.07) is 9.54. The summed E-state index contributed by atoms with van der Waals surface area (Å²) in [5.74, 6) is 3.20. The minimum atomic E-state index is 0.542. The lowest BCUT2D eigenvalue weighted by Gasteiger charge is -2.37. The molecule has 0 amide bonds. The van der Waals surface area contributed by atoms with Crippen LogP contribution in [-0.2, 0) is 6.42 Å². The van der Waals surface area contributed by atoms with Crippen molar-refractivity contribution in [2.45, 2.75) is 57.4 Å². The SMILES string of the molecule is Cc1oc(C2CC2)c2c1Cc1ccccc1N1CCCCC21. The monoisotopic (exact) mass is 293 g/mol. The largest absolute Gasteiger partial charge is 0.465 e. The van der Waals surface area contributed by atoms with Crippen molar-refractivity contribution in [3.63, 3.8) is 0 Å². The summed E-state index contributed by atoms with van der Waals surface area (Å²) in [5, 5.41) is 0. The summed E-state index contributed by atoms with van der Waals surface area (Å²) in [5.41, 5.74) is 5.99. The van der Waals surface area contributed by atoms with E-state index >= 15 is 0 Å². The molecule has 0 N–H and O–H groups in total. The van der Waals surface area contributed by atoms with E-state index in [0.717, 1.165) is 6.42 Å². The van der Waals surface area contributed by atoms with Gasteiger partial charge in [0.25, 0.3) is 0 Å². The number of aryl methyl sites for hydroxylation is 1. The van der Waals surface area contributed by atoms with Crippen LogP contribution in [0.4, 0.5) is 5.69 Å². The Morgan fingerprint density at radius 3 is 2.82 bits per heavy atom. The summed E-state index contributed by atoms with van der Waals surface area (Å²) in [4.78, 5) is 2.67. The molecular weight excluding hydrogens is 270 g/mol. The highest BCUT2D eigenvalue weighted by Gasteiger charge is 2.39. The molecule has 1 aliphatic carbocycles. The van der Waals surface area contributed by atoms with Crippen LogP contribution in [0.5, 0.6) is 0 Å². The average molecular weight is 293 g/mol. The average Bonchev–Trinajstić information content (AvgIpc) is 3.35. The highest BCUT2D eigenvalue weighted by atomic mass is 16.3. The highest BCUT2D eigenvalue weighted by molar-refractivity contribution is 5.62. The number of nitrogens with zero attached hydrogens (tertiary/aromatic N) is 1. The van der Waals surface area contributed by atoms with Gasteiger partial charge in [-0.2, -0.15) is 0 Å². The van der Waals surface area contributed by atoms with Gasteiger partial charge in [-0.15, -0.1) is 0 Å². The van der Waals surface area contributed by atoms with Crippen LogP contribution in [-0.4, -0.2) is 6.54 Å². The molecule has 1 saturated carbocycles. The number of fused-ring (bicyclic) bond motifs is 5. The third-order valence-electron chi connectivity index (χ3n) is 5.73. The quantitative estimate of drug-likeness (QED) is 0.727. The summed E-state index contributed by atoms with van der Waals surface area (Å²) < 4.78 is 6.28. The number of hydrogen-bond acceptors (Lipinski definition) is 2. The van der Waals surface area contributed by atoms with Crippen LogP contribution < -0.4 is 4.90 Å². The molecule has 0 radical (unpaired) electrons. The van der Waals surface area contributed by atoms with Gasteiger partial charge in [0.05, 0.1) is 6.04 Å². The van der Waals surface area contributed by atoms with E-state index in [0.29, 0.717) is 12.0 Å². The van der Waals surface area contributed by atoms with Crippen molar-refractivity contribution >= 4 is 5.69 Å². The van der Waals surface area contributed by atoms with E-state index < -0.39 is 0 Å². The molecule has 0 spiro atoms. The molecule has 1 saturated heterocycles. The first kappa shape index (κ1) is 12.8. The molecule has 5 rings (SSSR count). The lowest BCUT2D eigenvalue weighted by Crippen LogP contribution is -2.33. The second-order valence-electron chi connectivity index (χ2n) is 7.20. The zero-order chi connectivity index (χ0) is 14.7. The normalized spacial score (nSPS) is 23.5. The van der Waals surface area contributed by atoms with E-state index in [1.807, 2.05) is 0 Å². The van der Waals surface area contributed by atoms with Crippen LogP contribution in [0.2, 0.25) is 0 Å². The zero-order valence-corrected chi connectivity index (χ0v) is 13.3. The molecule has 1 aromatic heterocycles. The molecule has 3 heterocycles. The molecular formula is C20H23NO. The third kappa shape index (κ3) is 1.79. The molecule has 0 bridgehead atoms. The summed E-state index contributed by atoms with van der Waals surface area (Å²) in [6.07, 6.45) is 7.62. The Bertz CT molecular complexity index is 725. The second-order valence-corrected chi connectivity index (χ2v) is 7.20. The van der Waals surface area contributed by atoms with Crippen molar-refractivity contribution in [2.24, 2.45) is 0 Å². The Balaban J connectivity index is 1.74. The fraction of sp³-hybridized carbons (Fsp3) is 0.500. The number of furan rings is 1. The predicted molar refractivity (Wildman–Crippen MR) is 88.6 cm³/mol. The molecule has 1 unspecified atom stereocenters. The molecule has 2 fully saturated rings. The third-order valence-corrected chi connectivity index (χ3v) is 5.73. The van der Waals surface area contributed by atoms with Gasteiger partial charge >= 0.3 is 0 Å². The molecule has 2 heteroatoms. The molecule has 22 heavy (non-hydrogen) atoms. The van der Waals surface area contributed by atoms with Crippen molar-refractivity contribution in [1.29, 1.82) is 0 Å².